The number of nitrogens with zero attached hydrogens (tertiary/aromatic N) is 3. The van der Waals surface area contributed by atoms with Crippen LogP contribution in [0.1, 0.15) is 36.5 Å². The first-order valence-electron chi connectivity index (χ1n) is 9.94. The maximum atomic E-state index is 12.8. The molecule has 166 valence electrons. The van der Waals surface area contributed by atoms with E-state index in [-0.39, 0.29) is 37.2 Å². The minimum atomic E-state index is -3.43. The molecule has 0 aliphatic carbocycles. The third-order valence-corrected chi connectivity index (χ3v) is 8.55. The van der Waals surface area contributed by atoms with Gasteiger partial charge in [0.2, 0.25) is 17.7 Å². The van der Waals surface area contributed by atoms with E-state index in [4.69, 9.17) is 9.26 Å². The molecule has 1 spiro atoms. The number of carbonyl (C=O) groups is 2. The van der Waals surface area contributed by atoms with Crippen LogP contribution in [0.15, 0.2) is 28.8 Å². The number of ether oxygens (including phenoxy) is 1. The maximum absolute atomic E-state index is 12.8. The van der Waals surface area contributed by atoms with Gasteiger partial charge >= 0.3 is 0 Å². The fraction of sp³-hybridized carbons (Fsp3) is 0.500. The number of benzene rings is 1. The summed E-state index contributed by atoms with van der Waals surface area (Å²) < 4.78 is 35.2. The lowest BCUT2D eigenvalue weighted by Crippen LogP contribution is -2.68. The monoisotopic (exact) mass is 448 g/mol. The molecule has 31 heavy (non-hydrogen) atoms. The number of likely N-dealkylation sites (tertiary alicyclic amines) is 1. The number of hydrogen-bond donors (Lipinski definition) is 1. The minimum Gasteiger partial charge on any atom is -0.497 e. The van der Waals surface area contributed by atoms with Crippen LogP contribution in [0.4, 0.5) is 0 Å². The van der Waals surface area contributed by atoms with Crippen LogP contribution in [0.25, 0.3) is 0 Å². The number of amides is 2. The van der Waals surface area contributed by atoms with Gasteiger partial charge in [-0.2, -0.15) is 4.98 Å². The van der Waals surface area contributed by atoms with Gasteiger partial charge in [-0.1, -0.05) is 17.3 Å². The summed E-state index contributed by atoms with van der Waals surface area (Å²) >= 11 is 0. The van der Waals surface area contributed by atoms with Crippen LogP contribution in [0.3, 0.4) is 0 Å². The molecule has 2 amide bonds. The second-order valence-electron chi connectivity index (χ2n) is 7.96. The predicted molar refractivity (Wildman–Crippen MR) is 109 cm³/mol. The van der Waals surface area contributed by atoms with Gasteiger partial charge in [-0.3, -0.25) is 9.59 Å². The lowest BCUT2D eigenvalue weighted by molar-refractivity contribution is -0.137. The fourth-order valence-electron chi connectivity index (χ4n) is 4.22. The van der Waals surface area contributed by atoms with Crippen molar-refractivity contribution in [3.63, 3.8) is 0 Å². The smallest absolute Gasteiger partial charge is 0.242 e. The highest BCUT2D eigenvalue weighted by atomic mass is 32.2. The normalized spacial score (nSPS) is 21.0. The molecule has 0 bridgehead atoms. The van der Waals surface area contributed by atoms with E-state index in [0.29, 0.717) is 24.6 Å². The molecule has 4 rings (SSSR count). The summed E-state index contributed by atoms with van der Waals surface area (Å²) in [6.07, 6.45) is 0.821. The molecule has 0 saturated carbocycles. The Balaban J connectivity index is 1.48. The Morgan fingerprint density at radius 3 is 2.65 bits per heavy atom. The first-order chi connectivity index (χ1) is 14.7. The van der Waals surface area contributed by atoms with Crippen molar-refractivity contribution in [1.29, 1.82) is 0 Å². The molecule has 2 fully saturated rings. The Morgan fingerprint density at radius 1 is 1.29 bits per heavy atom. The van der Waals surface area contributed by atoms with Crippen LogP contribution in [-0.2, 0) is 25.8 Å². The summed E-state index contributed by atoms with van der Waals surface area (Å²) in [6, 6.07) is 7.49. The van der Waals surface area contributed by atoms with Crippen molar-refractivity contribution in [2.24, 2.45) is 0 Å². The van der Waals surface area contributed by atoms with E-state index in [1.165, 1.54) is 11.8 Å². The van der Waals surface area contributed by atoms with Crippen molar-refractivity contribution in [1.82, 2.24) is 20.4 Å². The number of sulfone groups is 1. The number of carbonyl (C=O) groups excluding carboxylic acids is 2. The van der Waals surface area contributed by atoms with Crippen molar-refractivity contribution in [3.05, 3.63) is 41.5 Å². The molecular weight excluding hydrogens is 424 g/mol. The van der Waals surface area contributed by atoms with Crippen LogP contribution >= 0.6 is 0 Å². The minimum absolute atomic E-state index is 0.0155. The summed E-state index contributed by atoms with van der Waals surface area (Å²) in [5.74, 6) is 0.438. The highest BCUT2D eigenvalue weighted by molar-refractivity contribution is 7.93. The van der Waals surface area contributed by atoms with Gasteiger partial charge in [-0.25, -0.2) is 8.42 Å². The molecule has 1 unspecified atom stereocenters. The maximum Gasteiger partial charge on any atom is 0.242 e. The number of rotatable bonds is 6. The molecule has 2 aromatic rings. The summed E-state index contributed by atoms with van der Waals surface area (Å²) in [4.78, 5) is 29.2. The number of nitrogens with one attached hydrogen (secondary N) is 1. The molecule has 11 heteroatoms. The van der Waals surface area contributed by atoms with Gasteiger partial charge in [0.25, 0.3) is 0 Å². The summed E-state index contributed by atoms with van der Waals surface area (Å²) in [5, 5.41) is 6.48. The predicted octanol–water partition coefficient (Wildman–Crippen LogP) is 0.288. The van der Waals surface area contributed by atoms with Crippen LogP contribution in [0, 0.1) is 0 Å². The van der Waals surface area contributed by atoms with E-state index in [1.54, 1.807) is 7.11 Å². The standard InChI is InChI=1S/C20H24N4O6S/c1-13(25)21-10-18(26)24-11-20(12-24)16(7-8-31(20,27)28)19-22-17(23-30-19)9-14-3-5-15(29-2)6-4-14/h3-6,16H,7-12H2,1-2H3,(H,21,25). The molecule has 2 saturated heterocycles. The Hall–Kier alpha value is -2.95. The van der Waals surface area contributed by atoms with Crippen LogP contribution in [0.2, 0.25) is 0 Å². The lowest BCUT2D eigenvalue weighted by Gasteiger charge is -2.49. The Kier molecular flexibility index (Phi) is 5.46. The molecule has 10 nitrogen and oxygen atoms in total. The van der Waals surface area contributed by atoms with Gasteiger partial charge in [0, 0.05) is 26.4 Å². The van der Waals surface area contributed by atoms with Gasteiger partial charge in [-0.05, 0) is 24.1 Å². The highest BCUT2D eigenvalue weighted by Gasteiger charge is 2.64. The van der Waals surface area contributed by atoms with Gasteiger partial charge in [0.1, 0.15) is 10.5 Å². The van der Waals surface area contributed by atoms with Crippen molar-refractivity contribution in [3.8, 4) is 5.75 Å². The molecule has 0 radical (unpaired) electrons. The first-order valence-corrected chi connectivity index (χ1v) is 11.6. The molecule has 1 atom stereocenters. The van der Waals surface area contributed by atoms with E-state index >= 15 is 0 Å². The van der Waals surface area contributed by atoms with E-state index in [9.17, 15) is 18.0 Å². The molecule has 1 aromatic heterocycles. The van der Waals surface area contributed by atoms with Crippen molar-refractivity contribution < 1.29 is 27.3 Å². The highest BCUT2D eigenvalue weighted by Crippen LogP contribution is 2.49. The van der Waals surface area contributed by atoms with Crippen molar-refractivity contribution in [2.75, 3.05) is 32.5 Å². The zero-order chi connectivity index (χ0) is 22.2. The molecule has 2 aliphatic rings. The van der Waals surface area contributed by atoms with Crippen molar-refractivity contribution in [2.45, 2.75) is 30.4 Å². The van der Waals surface area contributed by atoms with E-state index in [2.05, 4.69) is 15.5 Å². The van der Waals surface area contributed by atoms with Crippen LogP contribution in [0.5, 0.6) is 5.75 Å². The van der Waals surface area contributed by atoms with Gasteiger partial charge in [0.05, 0.1) is 25.3 Å². The average molecular weight is 449 g/mol. The number of aromatic nitrogens is 2. The number of hydrogen-bond acceptors (Lipinski definition) is 8. The summed E-state index contributed by atoms with van der Waals surface area (Å²) in [5.41, 5.74) is 0.972. The Morgan fingerprint density at radius 2 is 2.00 bits per heavy atom. The molecule has 1 aromatic carbocycles. The summed E-state index contributed by atoms with van der Waals surface area (Å²) in [6.45, 7) is 1.30. The van der Waals surface area contributed by atoms with Gasteiger partial charge in [-0.15, -0.1) is 0 Å². The van der Waals surface area contributed by atoms with Crippen molar-refractivity contribution >= 4 is 21.7 Å². The third-order valence-electron chi connectivity index (χ3n) is 5.99. The lowest BCUT2D eigenvalue weighted by atomic mass is 9.83. The van der Waals surface area contributed by atoms with Crippen LogP contribution in [-0.4, -0.2) is 72.5 Å². The quantitative estimate of drug-likeness (QED) is 0.667. The molecule has 3 heterocycles. The number of methoxy groups -OCH3 is 1. The molecular formula is C20H24N4O6S. The van der Waals surface area contributed by atoms with E-state index in [0.717, 1.165) is 11.3 Å². The van der Waals surface area contributed by atoms with Gasteiger partial charge in [0.15, 0.2) is 15.7 Å². The van der Waals surface area contributed by atoms with Gasteiger partial charge < -0.3 is 19.5 Å². The second kappa shape index (κ2) is 7.95. The topological polar surface area (TPSA) is 132 Å². The van der Waals surface area contributed by atoms with Crippen LogP contribution < -0.4 is 10.1 Å². The zero-order valence-corrected chi connectivity index (χ0v) is 18.1. The second-order valence-corrected chi connectivity index (χ2v) is 10.4. The average Bonchev–Trinajstić information content (AvgIpc) is 3.26. The summed E-state index contributed by atoms with van der Waals surface area (Å²) in [7, 11) is -1.83. The van der Waals surface area contributed by atoms with E-state index in [1.807, 2.05) is 24.3 Å². The molecule has 2 aliphatic heterocycles. The SMILES string of the molecule is COc1ccc(Cc2noc(C3CCS(=O)(=O)C34CN(C(=O)CNC(C)=O)C4)n2)cc1. The Labute approximate surface area is 179 Å². The largest absolute Gasteiger partial charge is 0.497 e. The van der Waals surface area contributed by atoms with E-state index < -0.39 is 20.5 Å². The Bertz CT molecular complexity index is 1090. The zero-order valence-electron chi connectivity index (χ0n) is 17.3. The molecule has 1 N–H and O–H groups in total. The fourth-order valence-corrected chi connectivity index (χ4v) is 6.53. The first kappa shape index (κ1) is 21.3. The third kappa shape index (κ3) is 3.89.